The molecule has 1 aliphatic rings. The maximum atomic E-state index is 13.7. The van der Waals surface area contributed by atoms with Gasteiger partial charge in [0.15, 0.2) is 0 Å². The van der Waals surface area contributed by atoms with Crippen LogP contribution in [0.5, 0.6) is 0 Å². The predicted octanol–water partition coefficient (Wildman–Crippen LogP) is 3.86. The first-order valence-electron chi connectivity index (χ1n) is 10.9. The molecule has 0 radical (unpaired) electrons. The van der Waals surface area contributed by atoms with Crippen molar-refractivity contribution in [1.29, 1.82) is 0 Å². The summed E-state index contributed by atoms with van der Waals surface area (Å²) in [5.74, 6) is -0.786. The minimum Gasteiger partial charge on any atom is -0.353 e. The normalized spacial score (nSPS) is 16.1. The van der Waals surface area contributed by atoms with Crippen LogP contribution in [-0.4, -0.2) is 45.8 Å². The van der Waals surface area contributed by atoms with Crippen molar-refractivity contribution in [3.8, 4) is 11.1 Å². The first-order chi connectivity index (χ1) is 16.0. The second-order valence-electron chi connectivity index (χ2n) is 8.26. The lowest BCUT2D eigenvalue weighted by Crippen LogP contribution is -2.58. The molecule has 1 fully saturated rings. The monoisotopic (exact) mass is 442 g/mol. The van der Waals surface area contributed by atoms with Crippen LogP contribution in [-0.2, 0) is 11.2 Å². The van der Waals surface area contributed by atoms with Gasteiger partial charge in [0.1, 0.15) is 17.6 Å². The van der Waals surface area contributed by atoms with Gasteiger partial charge in [-0.2, -0.15) is 0 Å². The standard InChI is InChI=1S/C26H23FN4O2/c1-16-21-15-20(27)5-6-22(21)30-24(16)26(33)31-12-11-29-25(32)23(31)14-17-3-2-4-19(13-17)18-7-9-28-10-8-18/h2-10,13,15,23,30H,11-12,14H2,1H3,(H,29,32)/t23-/m1/s1. The number of carbonyl (C=O) groups is 2. The van der Waals surface area contributed by atoms with Crippen LogP contribution < -0.4 is 5.32 Å². The third kappa shape index (κ3) is 3.98. The lowest BCUT2D eigenvalue weighted by molar-refractivity contribution is -0.127. The van der Waals surface area contributed by atoms with E-state index < -0.39 is 6.04 Å². The van der Waals surface area contributed by atoms with E-state index in [4.69, 9.17) is 0 Å². The highest BCUT2D eigenvalue weighted by Crippen LogP contribution is 2.26. The molecule has 0 aliphatic carbocycles. The summed E-state index contributed by atoms with van der Waals surface area (Å²) in [5.41, 5.74) is 4.78. The van der Waals surface area contributed by atoms with Crippen LogP contribution in [0.3, 0.4) is 0 Å². The largest absolute Gasteiger partial charge is 0.353 e. The molecule has 166 valence electrons. The molecular formula is C26H23FN4O2. The summed E-state index contributed by atoms with van der Waals surface area (Å²) in [4.78, 5) is 35.2. The van der Waals surface area contributed by atoms with E-state index in [-0.39, 0.29) is 17.6 Å². The van der Waals surface area contributed by atoms with E-state index in [0.717, 1.165) is 16.7 Å². The first kappa shape index (κ1) is 20.9. The zero-order valence-corrected chi connectivity index (χ0v) is 18.1. The SMILES string of the molecule is Cc1c(C(=O)N2CCNC(=O)[C@H]2Cc2cccc(-c3ccncc3)c2)[nH]c2ccc(F)cc12. The number of aromatic amines is 1. The smallest absolute Gasteiger partial charge is 0.271 e. The van der Waals surface area contributed by atoms with Gasteiger partial charge in [-0.1, -0.05) is 24.3 Å². The lowest BCUT2D eigenvalue weighted by atomic mass is 9.97. The lowest BCUT2D eigenvalue weighted by Gasteiger charge is -2.35. The van der Waals surface area contributed by atoms with Crippen molar-refractivity contribution in [2.75, 3.05) is 13.1 Å². The van der Waals surface area contributed by atoms with Gasteiger partial charge in [0, 0.05) is 42.8 Å². The van der Waals surface area contributed by atoms with Crippen molar-refractivity contribution in [3.05, 3.63) is 89.6 Å². The number of amides is 2. The summed E-state index contributed by atoms with van der Waals surface area (Å²) in [7, 11) is 0. The summed E-state index contributed by atoms with van der Waals surface area (Å²) in [6.07, 6.45) is 3.88. The van der Waals surface area contributed by atoms with Crippen LogP contribution in [0, 0.1) is 12.7 Å². The van der Waals surface area contributed by atoms with E-state index in [0.29, 0.717) is 41.7 Å². The predicted molar refractivity (Wildman–Crippen MR) is 124 cm³/mol. The Bertz CT molecular complexity index is 1350. The minimum absolute atomic E-state index is 0.177. The van der Waals surface area contributed by atoms with Crippen LogP contribution in [0.15, 0.2) is 67.0 Å². The van der Waals surface area contributed by atoms with Crippen LogP contribution in [0.2, 0.25) is 0 Å². The van der Waals surface area contributed by atoms with Crippen molar-refractivity contribution >= 4 is 22.7 Å². The summed E-state index contributed by atoms with van der Waals surface area (Å²) in [6, 6.07) is 15.6. The van der Waals surface area contributed by atoms with Gasteiger partial charge in [-0.15, -0.1) is 0 Å². The topological polar surface area (TPSA) is 78.1 Å². The molecule has 2 aromatic heterocycles. The Kier molecular flexibility index (Phi) is 5.38. The fourth-order valence-electron chi connectivity index (χ4n) is 4.46. The van der Waals surface area contributed by atoms with E-state index in [1.165, 1.54) is 12.1 Å². The Hall–Kier alpha value is -4.00. The number of fused-ring (bicyclic) bond motifs is 1. The van der Waals surface area contributed by atoms with Crippen molar-refractivity contribution in [2.45, 2.75) is 19.4 Å². The van der Waals surface area contributed by atoms with Crippen molar-refractivity contribution in [1.82, 2.24) is 20.2 Å². The van der Waals surface area contributed by atoms with Gasteiger partial charge in [-0.05, 0) is 59.5 Å². The second kappa shape index (κ2) is 8.50. The number of hydrogen-bond acceptors (Lipinski definition) is 3. The summed E-state index contributed by atoms with van der Waals surface area (Å²) >= 11 is 0. The highest BCUT2D eigenvalue weighted by atomic mass is 19.1. The molecule has 1 aliphatic heterocycles. The summed E-state index contributed by atoms with van der Waals surface area (Å²) in [5, 5.41) is 3.55. The average Bonchev–Trinajstić information content (AvgIpc) is 3.16. The van der Waals surface area contributed by atoms with Gasteiger partial charge in [0.25, 0.3) is 5.91 Å². The van der Waals surface area contributed by atoms with Gasteiger partial charge in [-0.3, -0.25) is 14.6 Å². The van der Waals surface area contributed by atoms with Crippen LogP contribution in [0.4, 0.5) is 4.39 Å². The second-order valence-corrected chi connectivity index (χ2v) is 8.26. The van der Waals surface area contributed by atoms with Crippen molar-refractivity contribution < 1.29 is 14.0 Å². The number of aryl methyl sites for hydroxylation is 1. The number of aromatic nitrogens is 2. The fraction of sp³-hybridized carbons (Fsp3) is 0.192. The van der Waals surface area contributed by atoms with Gasteiger partial charge in [0.2, 0.25) is 5.91 Å². The molecule has 4 aromatic rings. The average molecular weight is 442 g/mol. The van der Waals surface area contributed by atoms with E-state index >= 15 is 0 Å². The molecule has 33 heavy (non-hydrogen) atoms. The maximum absolute atomic E-state index is 13.7. The number of halogens is 1. The molecule has 1 atom stereocenters. The van der Waals surface area contributed by atoms with Gasteiger partial charge in [0.05, 0.1) is 0 Å². The quantitative estimate of drug-likeness (QED) is 0.504. The van der Waals surface area contributed by atoms with Crippen LogP contribution >= 0.6 is 0 Å². The highest BCUT2D eigenvalue weighted by molar-refractivity contribution is 6.03. The molecule has 2 amide bonds. The van der Waals surface area contributed by atoms with Crippen molar-refractivity contribution in [3.63, 3.8) is 0 Å². The zero-order valence-electron chi connectivity index (χ0n) is 18.1. The number of hydrogen-bond donors (Lipinski definition) is 2. The van der Waals surface area contributed by atoms with E-state index in [2.05, 4.69) is 15.3 Å². The van der Waals surface area contributed by atoms with E-state index in [9.17, 15) is 14.0 Å². The van der Waals surface area contributed by atoms with Crippen LogP contribution in [0.1, 0.15) is 21.6 Å². The molecule has 7 heteroatoms. The van der Waals surface area contributed by atoms with E-state index in [1.807, 2.05) is 36.4 Å². The number of nitrogens with one attached hydrogen (secondary N) is 2. The van der Waals surface area contributed by atoms with Crippen molar-refractivity contribution in [2.24, 2.45) is 0 Å². The Morgan fingerprint density at radius 3 is 2.76 bits per heavy atom. The molecular weight excluding hydrogens is 419 g/mol. The Morgan fingerprint density at radius 2 is 1.94 bits per heavy atom. The Balaban J connectivity index is 1.45. The molecule has 1 saturated heterocycles. The molecule has 2 aromatic carbocycles. The number of pyridine rings is 1. The van der Waals surface area contributed by atoms with E-state index in [1.54, 1.807) is 30.3 Å². The zero-order chi connectivity index (χ0) is 22.9. The number of benzene rings is 2. The Labute approximate surface area is 190 Å². The third-order valence-electron chi connectivity index (χ3n) is 6.20. The maximum Gasteiger partial charge on any atom is 0.271 e. The summed E-state index contributed by atoms with van der Waals surface area (Å²) < 4.78 is 13.7. The summed E-state index contributed by atoms with van der Waals surface area (Å²) in [6.45, 7) is 2.59. The molecule has 5 rings (SSSR count). The molecule has 0 bridgehead atoms. The number of H-pyrrole nitrogens is 1. The molecule has 0 saturated carbocycles. The number of rotatable bonds is 4. The van der Waals surface area contributed by atoms with Gasteiger partial charge >= 0.3 is 0 Å². The molecule has 0 spiro atoms. The van der Waals surface area contributed by atoms with Crippen LogP contribution in [0.25, 0.3) is 22.0 Å². The van der Waals surface area contributed by atoms with Gasteiger partial charge in [-0.25, -0.2) is 4.39 Å². The molecule has 3 heterocycles. The highest BCUT2D eigenvalue weighted by Gasteiger charge is 2.35. The molecule has 2 N–H and O–H groups in total. The Morgan fingerprint density at radius 1 is 1.12 bits per heavy atom. The number of carbonyl (C=O) groups excluding carboxylic acids is 2. The first-order valence-corrected chi connectivity index (χ1v) is 10.9. The molecule has 6 nitrogen and oxygen atoms in total. The number of nitrogens with zero attached hydrogens (tertiary/aromatic N) is 2. The third-order valence-corrected chi connectivity index (χ3v) is 6.20. The number of piperazine rings is 1. The van der Waals surface area contributed by atoms with Gasteiger partial charge < -0.3 is 15.2 Å². The minimum atomic E-state index is -0.638. The fourth-order valence-corrected chi connectivity index (χ4v) is 4.46. The molecule has 0 unspecified atom stereocenters.